The molecular weight excluding hydrogens is 224 g/mol. The lowest BCUT2D eigenvalue weighted by Crippen LogP contribution is -2.29. The van der Waals surface area contributed by atoms with E-state index in [9.17, 15) is 0 Å². The van der Waals surface area contributed by atoms with Gasteiger partial charge in [-0.15, -0.1) is 0 Å². The molecule has 0 aromatic heterocycles. The summed E-state index contributed by atoms with van der Waals surface area (Å²) in [6.45, 7) is 11.3. The van der Waals surface area contributed by atoms with Gasteiger partial charge in [-0.05, 0) is 38.5 Å². The van der Waals surface area contributed by atoms with Crippen molar-refractivity contribution in [3.8, 4) is 5.75 Å². The quantitative estimate of drug-likeness (QED) is 0.729. The second kappa shape index (κ2) is 7.19. The summed E-state index contributed by atoms with van der Waals surface area (Å²) in [5, 5.41) is 3.39. The minimum Gasteiger partial charge on any atom is -0.491 e. The molecule has 1 unspecified atom stereocenters. The summed E-state index contributed by atoms with van der Waals surface area (Å²) < 4.78 is 5.69. The molecule has 0 aliphatic rings. The number of benzene rings is 1. The molecule has 3 N–H and O–H groups in total. The number of nitrogens with two attached hydrogens (primary N) is 1. The van der Waals surface area contributed by atoms with Gasteiger partial charge in [0.25, 0.3) is 0 Å². The smallest absolute Gasteiger partial charge is 0.120 e. The van der Waals surface area contributed by atoms with Crippen molar-refractivity contribution in [1.82, 2.24) is 5.32 Å². The molecule has 0 bridgehead atoms. The van der Waals surface area contributed by atoms with Gasteiger partial charge in [0, 0.05) is 19.1 Å². The van der Waals surface area contributed by atoms with Crippen molar-refractivity contribution in [2.75, 3.05) is 13.1 Å². The zero-order valence-electron chi connectivity index (χ0n) is 11.6. The lowest BCUT2D eigenvalue weighted by molar-refractivity contribution is 0.242. The van der Waals surface area contributed by atoms with Crippen LogP contribution in [0.2, 0.25) is 0 Å². The fourth-order valence-corrected chi connectivity index (χ4v) is 1.71. The van der Waals surface area contributed by atoms with Gasteiger partial charge in [0.1, 0.15) is 5.75 Å². The Morgan fingerprint density at radius 2 is 2.17 bits per heavy atom. The molecule has 0 aliphatic carbocycles. The Morgan fingerprint density at radius 1 is 1.44 bits per heavy atom. The first kappa shape index (κ1) is 14.7. The van der Waals surface area contributed by atoms with Crippen LogP contribution < -0.4 is 15.8 Å². The maximum atomic E-state index is 5.81. The maximum Gasteiger partial charge on any atom is 0.120 e. The third-order valence-corrected chi connectivity index (χ3v) is 2.52. The lowest BCUT2D eigenvalue weighted by Gasteiger charge is -2.19. The summed E-state index contributed by atoms with van der Waals surface area (Å²) in [6, 6.07) is 8.21. The molecule has 0 heterocycles. The van der Waals surface area contributed by atoms with Crippen LogP contribution in [0, 0.1) is 0 Å². The molecule has 0 spiro atoms. The van der Waals surface area contributed by atoms with Crippen LogP contribution in [0.25, 0.3) is 0 Å². The molecule has 1 aromatic carbocycles. The second-order valence-corrected chi connectivity index (χ2v) is 4.87. The zero-order valence-corrected chi connectivity index (χ0v) is 11.6. The van der Waals surface area contributed by atoms with Crippen LogP contribution in [-0.4, -0.2) is 19.2 Å². The van der Waals surface area contributed by atoms with Crippen LogP contribution in [0.1, 0.15) is 32.4 Å². The van der Waals surface area contributed by atoms with E-state index in [2.05, 4.69) is 18.0 Å². The van der Waals surface area contributed by atoms with E-state index < -0.39 is 0 Å². The van der Waals surface area contributed by atoms with E-state index in [0.29, 0.717) is 6.54 Å². The highest BCUT2D eigenvalue weighted by Gasteiger charge is 2.10. The summed E-state index contributed by atoms with van der Waals surface area (Å²) in [7, 11) is 0. The molecule has 1 aromatic rings. The molecule has 1 rings (SSSR count). The van der Waals surface area contributed by atoms with Gasteiger partial charge >= 0.3 is 0 Å². The largest absolute Gasteiger partial charge is 0.491 e. The maximum absolute atomic E-state index is 5.81. The summed E-state index contributed by atoms with van der Waals surface area (Å²) in [6.07, 6.45) is 0.181. The number of ether oxygens (including phenoxy) is 1. The minimum atomic E-state index is 0.136. The Morgan fingerprint density at radius 3 is 2.72 bits per heavy atom. The molecule has 1 atom stereocenters. The highest BCUT2D eigenvalue weighted by molar-refractivity contribution is 5.31. The molecule has 0 saturated heterocycles. The molecule has 0 fully saturated rings. The van der Waals surface area contributed by atoms with Gasteiger partial charge in [0.15, 0.2) is 0 Å². The number of rotatable bonds is 7. The number of hydrogen-bond donors (Lipinski definition) is 2. The van der Waals surface area contributed by atoms with Crippen LogP contribution in [0.4, 0.5) is 0 Å². The Balaban J connectivity index is 2.75. The minimum absolute atomic E-state index is 0.136. The van der Waals surface area contributed by atoms with Crippen LogP contribution in [0.5, 0.6) is 5.75 Å². The van der Waals surface area contributed by atoms with Crippen molar-refractivity contribution in [3.63, 3.8) is 0 Å². The third-order valence-electron chi connectivity index (χ3n) is 2.52. The zero-order chi connectivity index (χ0) is 13.5. The topological polar surface area (TPSA) is 47.3 Å². The molecule has 18 heavy (non-hydrogen) atoms. The normalized spacial score (nSPS) is 12.5. The summed E-state index contributed by atoms with van der Waals surface area (Å²) in [4.78, 5) is 0. The molecule has 0 amide bonds. The molecule has 3 heteroatoms. The molecular formula is C15H24N2O. The van der Waals surface area contributed by atoms with E-state index in [-0.39, 0.29) is 12.1 Å². The monoisotopic (exact) mass is 248 g/mol. The van der Waals surface area contributed by atoms with Gasteiger partial charge in [-0.2, -0.15) is 0 Å². The van der Waals surface area contributed by atoms with Crippen molar-refractivity contribution in [1.29, 1.82) is 0 Å². The van der Waals surface area contributed by atoms with E-state index >= 15 is 0 Å². The second-order valence-electron chi connectivity index (χ2n) is 4.87. The molecule has 0 saturated carbocycles. The summed E-state index contributed by atoms with van der Waals surface area (Å²) in [5.74, 6) is 0.887. The first-order valence-electron chi connectivity index (χ1n) is 6.37. The van der Waals surface area contributed by atoms with E-state index in [1.54, 1.807) is 0 Å². The fourth-order valence-electron chi connectivity index (χ4n) is 1.71. The van der Waals surface area contributed by atoms with Crippen LogP contribution >= 0.6 is 0 Å². The molecule has 3 nitrogen and oxygen atoms in total. The Hall–Kier alpha value is -1.32. The molecule has 100 valence electrons. The van der Waals surface area contributed by atoms with E-state index in [0.717, 1.165) is 23.4 Å². The average Bonchev–Trinajstić information content (AvgIpc) is 2.29. The van der Waals surface area contributed by atoms with Gasteiger partial charge in [-0.1, -0.05) is 24.3 Å². The number of nitrogens with one attached hydrogen (secondary N) is 1. The van der Waals surface area contributed by atoms with E-state index in [1.807, 2.05) is 39.0 Å². The van der Waals surface area contributed by atoms with Crippen molar-refractivity contribution in [2.45, 2.75) is 32.9 Å². The van der Waals surface area contributed by atoms with Gasteiger partial charge in [-0.3, -0.25) is 0 Å². The predicted octanol–water partition coefficient (Wildman–Crippen LogP) is 2.64. The van der Waals surface area contributed by atoms with Crippen molar-refractivity contribution >= 4 is 0 Å². The predicted molar refractivity (Wildman–Crippen MR) is 76.8 cm³/mol. The highest BCUT2D eigenvalue weighted by Crippen LogP contribution is 2.19. The Bertz CT molecular complexity index is 388. The third kappa shape index (κ3) is 4.90. The van der Waals surface area contributed by atoms with Gasteiger partial charge in [-0.25, -0.2) is 0 Å². The first-order chi connectivity index (χ1) is 8.52. The van der Waals surface area contributed by atoms with E-state index in [4.69, 9.17) is 10.5 Å². The fraction of sp³-hybridized carbons (Fsp3) is 0.467. The van der Waals surface area contributed by atoms with E-state index in [1.165, 1.54) is 0 Å². The first-order valence-corrected chi connectivity index (χ1v) is 6.37. The molecule has 0 radical (unpaired) electrons. The standard InChI is InChI=1S/C15H24N2O/c1-11(2)10-17-15(9-16)13-6-5-7-14(8-13)18-12(3)4/h5-8,12,15,17H,1,9-10,16H2,2-4H3. The van der Waals surface area contributed by atoms with Gasteiger partial charge in [0.05, 0.1) is 6.10 Å². The lowest BCUT2D eigenvalue weighted by atomic mass is 10.1. The van der Waals surface area contributed by atoms with Crippen LogP contribution in [0.3, 0.4) is 0 Å². The summed E-state index contributed by atoms with van der Waals surface area (Å²) in [5.41, 5.74) is 8.06. The Labute approximate surface area is 110 Å². The summed E-state index contributed by atoms with van der Waals surface area (Å²) >= 11 is 0. The van der Waals surface area contributed by atoms with Gasteiger partial charge in [0.2, 0.25) is 0 Å². The molecule has 0 aliphatic heterocycles. The van der Waals surface area contributed by atoms with Crippen molar-refractivity contribution in [3.05, 3.63) is 42.0 Å². The van der Waals surface area contributed by atoms with Gasteiger partial charge < -0.3 is 15.8 Å². The van der Waals surface area contributed by atoms with Crippen LogP contribution in [-0.2, 0) is 0 Å². The number of hydrogen-bond acceptors (Lipinski definition) is 3. The highest BCUT2D eigenvalue weighted by atomic mass is 16.5. The van der Waals surface area contributed by atoms with Crippen LogP contribution in [0.15, 0.2) is 36.4 Å². The van der Waals surface area contributed by atoms with Crippen molar-refractivity contribution in [2.24, 2.45) is 5.73 Å². The Kier molecular flexibility index (Phi) is 5.89. The van der Waals surface area contributed by atoms with Crippen molar-refractivity contribution < 1.29 is 4.74 Å². The SMILES string of the molecule is C=C(C)CNC(CN)c1cccc(OC(C)C)c1. The average molecular weight is 248 g/mol.